The molecule has 212 valence electrons. The van der Waals surface area contributed by atoms with E-state index in [0.717, 1.165) is 46.8 Å². The van der Waals surface area contributed by atoms with Gasteiger partial charge in [0.15, 0.2) is 17.3 Å². The Labute approximate surface area is 239 Å². The second-order valence-electron chi connectivity index (χ2n) is 10.7. The summed E-state index contributed by atoms with van der Waals surface area (Å²) >= 11 is 0. The van der Waals surface area contributed by atoms with Gasteiger partial charge >= 0.3 is 0 Å². The lowest BCUT2D eigenvalue weighted by Crippen LogP contribution is -2.39. The second-order valence-corrected chi connectivity index (χ2v) is 10.7. The number of carbonyl (C=O) groups excluding carboxylic acids is 2. The molecule has 3 aromatic carbocycles. The number of hydrogen-bond acceptors (Lipinski definition) is 7. The van der Waals surface area contributed by atoms with Crippen molar-refractivity contribution in [3.8, 4) is 23.0 Å². The van der Waals surface area contributed by atoms with Crippen LogP contribution in [-0.4, -0.2) is 40.1 Å². The van der Waals surface area contributed by atoms with E-state index in [4.69, 9.17) is 18.9 Å². The van der Waals surface area contributed by atoms with Gasteiger partial charge in [0.25, 0.3) is 0 Å². The van der Waals surface area contributed by atoms with E-state index in [9.17, 15) is 9.59 Å². The number of Topliss-reactive ketones (excluding diaryl/α,β-unsaturated/α-hetero) is 1. The Hall–Kier alpha value is -4.46. The molecule has 8 heteroatoms. The number of carbonyl (C=O) groups is 2. The molecule has 1 N–H and O–H groups in total. The molecular weight excluding hydrogens is 520 g/mol. The van der Waals surface area contributed by atoms with E-state index in [1.54, 1.807) is 28.4 Å². The van der Waals surface area contributed by atoms with Gasteiger partial charge in [-0.25, -0.2) is 0 Å². The van der Waals surface area contributed by atoms with Gasteiger partial charge in [-0.2, -0.15) is 0 Å². The Morgan fingerprint density at radius 3 is 2.12 bits per heavy atom. The number of benzene rings is 3. The molecule has 0 aromatic heterocycles. The van der Waals surface area contributed by atoms with Gasteiger partial charge in [-0.3, -0.25) is 14.5 Å². The quantitative estimate of drug-likeness (QED) is 0.382. The number of ketones is 1. The smallest absolute Gasteiger partial charge is 0.231 e. The molecule has 0 radical (unpaired) electrons. The van der Waals surface area contributed by atoms with Crippen LogP contribution in [-0.2, 0) is 9.59 Å². The monoisotopic (exact) mass is 554 g/mol. The molecule has 2 atom stereocenters. The van der Waals surface area contributed by atoms with Gasteiger partial charge < -0.3 is 24.3 Å². The number of anilines is 2. The van der Waals surface area contributed by atoms with E-state index in [2.05, 4.69) is 5.32 Å². The zero-order valence-corrected chi connectivity index (χ0v) is 23.7. The highest BCUT2D eigenvalue weighted by molar-refractivity contribution is 6.07. The fraction of sp³-hybridized carbons (Fsp3) is 0.333. The predicted molar refractivity (Wildman–Crippen MR) is 156 cm³/mol. The van der Waals surface area contributed by atoms with Crippen LogP contribution < -0.4 is 29.2 Å². The van der Waals surface area contributed by atoms with Crippen molar-refractivity contribution >= 4 is 23.1 Å². The lowest BCUT2D eigenvalue weighted by molar-refractivity contribution is -0.120. The average Bonchev–Trinajstić information content (AvgIpc) is 3.86. The molecular formula is C33H34N2O6. The number of nitrogens with one attached hydrogen (secondary N) is 1. The first-order chi connectivity index (χ1) is 20.0. The molecule has 1 heterocycles. The summed E-state index contributed by atoms with van der Waals surface area (Å²) in [6.45, 7) is 0. The minimum atomic E-state index is -0.674. The first-order valence-corrected chi connectivity index (χ1v) is 13.9. The fourth-order valence-electron chi connectivity index (χ4n) is 6.05. The zero-order valence-electron chi connectivity index (χ0n) is 23.7. The Kier molecular flexibility index (Phi) is 7.07. The van der Waals surface area contributed by atoms with Crippen LogP contribution in [0.5, 0.6) is 23.0 Å². The van der Waals surface area contributed by atoms with Gasteiger partial charge in [-0.1, -0.05) is 24.3 Å². The lowest BCUT2D eigenvalue weighted by atomic mass is 9.78. The largest absolute Gasteiger partial charge is 0.497 e. The van der Waals surface area contributed by atoms with Crippen molar-refractivity contribution in [2.75, 3.05) is 38.7 Å². The molecule has 0 spiro atoms. The maximum atomic E-state index is 14.3. The number of allylic oxidation sites excluding steroid dienone is 1. The van der Waals surface area contributed by atoms with Crippen LogP contribution in [0.2, 0.25) is 0 Å². The van der Waals surface area contributed by atoms with Crippen molar-refractivity contribution in [3.05, 3.63) is 83.1 Å². The first kappa shape index (κ1) is 26.7. The van der Waals surface area contributed by atoms with E-state index in [0.29, 0.717) is 35.7 Å². The summed E-state index contributed by atoms with van der Waals surface area (Å²) in [6.07, 6.45) is 2.63. The summed E-state index contributed by atoms with van der Waals surface area (Å²) in [5.74, 6) is 2.08. The summed E-state index contributed by atoms with van der Waals surface area (Å²) in [7, 11) is 6.32. The first-order valence-electron chi connectivity index (χ1n) is 13.9. The third-order valence-electron chi connectivity index (χ3n) is 8.24. The van der Waals surface area contributed by atoms with Crippen LogP contribution in [0, 0.1) is 5.92 Å². The molecule has 6 rings (SSSR count). The zero-order chi connectivity index (χ0) is 28.7. The molecule has 3 aromatic rings. The summed E-state index contributed by atoms with van der Waals surface area (Å²) in [6, 6.07) is 18.7. The van der Waals surface area contributed by atoms with Gasteiger partial charge in [0.2, 0.25) is 11.7 Å². The number of nitrogens with zero attached hydrogens (tertiary/aromatic N) is 1. The number of rotatable bonds is 7. The van der Waals surface area contributed by atoms with E-state index >= 15 is 0 Å². The van der Waals surface area contributed by atoms with Gasteiger partial charge in [0.05, 0.1) is 45.9 Å². The lowest BCUT2D eigenvalue weighted by Gasteiger charge is -2.35. The number of methoxy groups -OCH3 is 4. The van der Waals surface area contributed by atoms with Crippen LogP contribution in [0.1, 0.15) is 48.8 Å². The third-order valence-corrected chi connectivity index (χ3v) is 8.24. The van der Waals surface area contributed by atoms with Crippen molar-refractivity contribution < 1.29 is 28.5 Å². The third kappa shape index (κ3) is 4.77. The van der Waals surface area contributed by atoms with Crippen LogP contribution in [0.15, 0.2) is 71.9 Å². The van der Waals surface area contributed by atoms with Gasteiger partial charge in [-0.15, -0.1) is 0 Å². The Morgan fingerprint density at radius 1 is 0.829 bits per heavy atom. The molecule has 1 saturated carbocycles. The Bertz CT molecular complexity index is 1500. The summed E-state index contributed by atoms with van der Waals surface area (Å²) < 4.78 is 22.3. The van der Waals surface area contributed by atoms with Crippen LogP contribution >= 0.6 is 0 Å². The van der Waals surface area contributed by atoms with E-state index in [-0.39, 0.29) is 23.5 Å². The maximum Gasteiger partial charge on any atom is 0.231 e. The number of hydrogen-bond donors (Lipinski definition) is 1. The van der Waals surface area contributed by atoms with Crippen molar-refractivity contribution in [2.45, 2.75) is 37.6 Å². The molecule has 1 amide bonds. The SMILES string of the molecule is COc1ccc([C@H]2CC(=O)C3=C(C2)Nc2ccccc2N(C(=O)C2CC2)[C@@H]3c2cc(OC)c(OC)c(OC)c2)cc1. The molecule has 1 fully saturated rings. The second kappa shape index (κ2) is 10.8. The van der Waals surface area contributed by atoms with Crippen LogP contribution in [0.4, 0.5) is 11.4 Å². The van der Waals surface area contributed by atoms with E-state index in [1.807, 2.05) is 65.6 Å². The molecule has 0 saturated heterocycles. The molecule has 41 heavy (non-hydrogen) atoms. The van der Waals surface area contributed by atoms with Crippen molar-refractivity contribution in [3.63, 3.8) is 0 Å². The molecule has 0 unspecified atom stereocenters. The maximum absolute atomic E-state index is 14.3. The summed E-state index contributed by atoms with van der Waals surface area (Å²) in [5.41, 5.74) is 4.74. The summed E-state index contributed by atoms with van der Waals surface area (Å²) in [4.78, 5) is 30.2. The average molecular weight is 555 g/mol. The van der Waals surface area contributed by atoms with Crippen molar-refractivity contribution in [1.29, 1.82) is 0 Å². The van der Waals surface area contributed by atoms with Gasteiger partial charge in [0, 0.05) is 23.6 Å². The minimum Gasteiger partial charge on any atom is -0.497 e. The molecule has 1 aliphatic heterocycles. The van der Waals surface area contributed by atoms with Crippen molar-refractivity contribution in [1.82, 2.24) is 0 Å². The van der Waals surface area contributed by atoms with Crippen LogP contribution in [0.25, 0.3) is 0 Å². The van der Waals surface area contributed by atoms with Crippen LogP contribution in [0.3, 0.4) is 0 Å². The van der Waals surface area contributed by atoms with Gasteiger partial charge in [-0.05, 0) is 72.7 Å². The topological polar surface area (TPSA) is 86.3 Å². The number of amides is 1. The highest BCUT2D eigenvalue weighted by atomic mass is 16.5. The van der Waals surface area contributed by atoms with Gasteiger partial charge in [0.1, 0.15) is 5.75 Å². The normalized spacial score (nSPS) is 19.9. The fourth-order valence-corrected chi connectivity index (χ4v) is 6.05. The van der Waals surface area contributed by atoms with E-state index < -0.39 is 6.04 Å². The number of ether oxygens (including phenoxy) is 4. The van der Waals surface area contributed by atoms with E-state index in [1.165, 1.54) is 0 Å². The highest BCUT2D eigenvalue weighted by Crippen LogP contribution is 2.51. The number of fused-ring (bicyclic) bond motifs is 1. The molecule has 3 aliphatic rings. The standard InChI is InChI=1S/C33H34N2O6/c1-38-23-13-11-19(12-14-23)21-15-25-30(27(36)16-21)31(22-17-28(39-2)32(41-4)29(18-22)40-3)35(33(37)20-9-10-20)26-8-6-5-7-24(26)34-25/h5-8,11-14,17-18,20-21,31,34H,9-10,15-16H2,1-4H3/t21-,31-/m1/s1. The Balaban J connectivity index is 1.55. The number of para-hydroxylation sites is 2. The highest BCUT2D eigenvalue weighted by Gasteiger charge is 2.45. The molecule has 2 aliphatic carbocycles. The summed E-state index contributed by atoms with van der Waals surface area (Å²) in [5, 5.41) is 3.59. The van der Waals surface area contributed by atoms with Crippen molar-refractivity contribution in [2.24, 2.45) is 5.92 Å². The molecule has 8 nitrogen and oxygen atoms in total. The Morgan fingerprint density at radius 2 is 1.51 bits per heavy atom. The minimum absolute atomic E-state index is 0.000257. The predicted octanol–water partition coefficient (Wildman–Crippen LogP) is 6.03. The molecule has 0 bridgehead atoms.